The second kappa shape index (κ2) is 5.10. The van der Waals surface area contributed by atoms with E-state index in [1.807, 2.05) is 6.07 Å². The number of nitriles is 1. The van der Waals surface area contributed by atoms with Crippen LogP contribution in [0.4, 0.5) is 10.7 Å². The lowest BCUT2D eigenvalue weighted by atomic mass is 9.92. The maximum atomic E-state index is 11.6. The summed E-state index contributed by atoms with van der Waals surface area (Å²) in [7, 11) is 0. The molecule has 5 nitrogen and oxygen atoms in total. The van der Waals surface area contributed by atoms with Crippen LogP contribution in [0.25, 0.3) is 0 Å². The molecule has 1 fully saturated rings. The highest BCUT2D eigenvalue weighted by molar-refractivity contribution is 7.17. The van der Waals surface area contributed by atoms with Crippen LogP contribution in [-0.4, -0.2) is 19.0 Å². The summed E-state index contributed by atoms with van der Waals surface area (Å²) in [4.78, 5) is 14.1. The number of hydrogen-bond acceptors (Lipinski definition) is 5. The molecule has 2 unspecified atom stereocenters. The molecule has 1 amide bonds. The van der Waals surface area contributed by atoms with Crippen LogP contribution in [0.2, 0.25) is 0 Å². The Kier molecular flexibility index (Phi) is 3.67. The maximum Gasteiger partial charge on any atom is 0.253 e. The molecule has 1 aliphatic heterocycles. The van der Waals surface area contributed by atoms with Gasteiger partial charge in [-0.3, -0.25) is 4.79 Å². The molecule has 102 valence electrons. The summed E-state index contributed by atoms with van der Waals surface area (Å²) in [6.07, 6.45) is 1.17. The zero-order valence-electron chi connectivity index (χ0n) is 11.1. The fourth-order valence-corrected chi connectivity index (χ4v) is 3.85. The van der Waals surface area contributed by atoms with Crippen LogP contribution >= 0.6 is 11.3 Å². The minimum absolute atomic E-state index is 0.223. The first-order valence-electron chi connectivity index (χ1n) is 6.31. The molecule has 1 saturated heterocycles. The van der Waals surface area contributed by atoms with Crippen molar-refractivity contribution in [1.29, 1.82) is 5.26 Å². The van der Waals surface area contributed by atoms with Crippen LogP contribution in [0.3, 0.4) is 0 Å². The van der Waals surface area contributed by atoms with Gasteiger partial charge in [-0.15, -0.1) is 11.3 Å². The third-order valence-corrected chi connectivity index (χ3v) is 4.60. The third-order valence-electron chi connectivity index (χ3n) is 3.43. The second-order valence-corrected chi connectivity index (χ2v) is 6.35. The minimum atomic E-state index is -0.559. The molecule has 19 heavy (non-hydrogen) atoms. The van der Waals surface area contributed by atoms with Crippen molar-refractivity contribution in [1.82, 2.24) is 0 Å². The topological polar surface area (TPSA) is 96.1 Å². The summed E-state index contributed by atoms with van der Waals surface area (Å²) < 4.78 is 0. The molecule has 0 aliphatic carbocycles. The van der Waals surface area contributed by atoms with Crippen molar-refractivity contribution in [2.24, 2.45) is 17.6 Å². The molecule has 6 heteroatoms. The molecule has 0 radical (unpaired) electrons. The zero-order valence-corrected chi connectivity index (χ0v) is 12.0. The van der Waals surface area contributed by atoms with E-state index < -0.39 is 5.91 Å². The first kappa shape index (κ1) is 13.7. The van der Waals surface area contributed by atoms with E-state index in [0.717, 1.165) is 18.1 Å². The monoisotopic (exact) mass is 278 g/mol. The van der Waals surface area contributed by atoms with Crippen LogP contribution in [0.1, 0.15) is 35.5 Å². The van der Waals surface area contributed by atoms with E-state index in [0.29, 0.717) is 22.3 Å². The van der Waals surface area contributed by atoms with Gasteiger partial charge in [0.05, 0.1) is 11.3 Å². The maximum absolute atomic E-state index is 11.6. The number of carbonyl (C=O) groups excluding carboxylic acids is 1. The van der Waals surface area contributed by atoms with E-state index in [9.17, 15) is 4.79 Å². The molecule has 0 aromatic carbocycles. The van der Waals surface area contributed by atoms with Crippen molar-refractivity contribution >= 4 is 27.9 Å². The molecule has 2 atom stereocenters. The van der Waals surface area contributed by atoms with Gasteiger partial charge in [0.15, 0.2) is 0 Å². The van der Waals surface area contributed by atoms with E-state index in [-0.39, 0.29) is 5.69 Å². The Morgan fingerprint density at radius 3 is 2.47 bits per heavy atom. The van der Waals surface area contributed by atoms with E-state index in [1.165, 1.54) is 17.8 Å². The van der Waals surface area contributed by atoms with Crippen LogP contribution in [0, 0.1) is 23.2 Å². The lowest BCUT2D eigenvalue weighted by molar-refractivity contribution is 0.100. The van der Waals surface area contributed by atoms with Gasteiger partial charge in [-0.05, 0) is 18.3 Å². The SMILES string of the molecule is CC1CC(C)CN(c2sc(C#N)c(N)c2C(N)=O)C1. The van der Waals surface area contributed by atoms with Crippen molar-refractivity contribution < 1.29 is 4.79 Å². The standard InChI is InChI=1S/C13H18N4OS/c1-7-3-8(2)6-17(5-7)13-10(12(16)18)11(15)9(4-14)19-13/h7-8H,3,5-6,15H2,1-2H3,(H2,16,18). The van der Waals surface area contributed by atoms with E-state index in [4.69, 9.17) is 16.7 Å². The van der Waals surface area contributed by atoms with Crippen molar-refractivity contribution in [3.8, 4) is 6.07 Å². The van der Waals surface area contributed by atoms with Gasteiger partial charge in [0.25, 0.3) is 5.91 Å². The predicted molar refractivity (Wildman–Crippen MR) is 77.1 cm³/mol. The first-order valence-corrected chi connectivity index (χ1v) is 7.12. The summed E-state index contributed by atoms with van der Waals surface area (Å²) in [5.74, 6) is 0.549. The van der Waals surface area contributed by atoms with Crippen LogP contribution in [-0.2, 0) is 0 Å². The number of amides is 1. The van der Waals surface area contributed by atoms with E-state index in [2.05, 4.69) is 18.7 Å². The van der Waals surface area contributed by atoms with Crippen molar-refractivity contribution in [3.05, 3.63) is 10.4 Å². The Labute approximate surface area is 116 Å². The Morgan fingerprint density at radius 1 is 1.42 bits per heavy atom. The fourth-order valence-electron chi connectivity index (χ4n) is 2.80. The number of nitrogens with two attached hydrogens (primary N) is 2. The number of thiophene rings is 1. The van der Waals surface area contributed by atoms with Gasteiger partial charge in [0.1, 0.15) is 15.9 Å². The Morgan fingerprint density at radius 2 is 2.00 bits per heavy atom. The van der Waals surface area contributed by atoms with Crippen molar-refractivity contribution in [2.75, 3.05) is 23.7 Å². The van der Waals surface area contributed by atoms with Crippen LogP contribution in [0.15, 0.2) is 0 Å². The molecule has 2 rings (SSSR count). The summed E-state index contributed by atoms with van der Waals surface area (Å²) in [5.41, 5.74) is 11.8. The summed E-state index contributed by atoms with van der Waals surface area (Å²) in [6, 6.07) is 2.03. The van der Waals surface area contributed by atoms with Gasteiger partial charge in [-0.1, -0.05) is 13.8 Å². The molecule has 1 aromatic rings. The highest BCUT2D eigenvalue weighted by atomic mass is 32.1. The van der Waals surface area contributed by atoms with Gasteiger partial charge in [-0.2, -0.15) is 5.26 Å². The van der Waals surface area contributed by atoms with Gasteiger partial charge in [0.2, 0.25) is 0 Å². The van der Waals surface area contributed by atoms with Crippen LogP contribution in [0.5, 0.6) is 0 Å². The number of nitrogen functional groups attached to an aromatic ring is 1. The average Bonchev–Trinajstić information content (AvgIpc) is 2.65. The third kappa shape index (κ3) is 2.51. The number of anilines is 2. The molecule has 1 aliphatic rings. The lowest BCUT2D eigenvalue weighted by Crippen LogP contribution is -2.39. The molecule has 4 N–H and O–H groups in total. The highest BCUT2D eigenvalue weighted by Crippen LogP contribution is 2.39. The average molecular weight is 278 g/mol. The molecule has 0 spiro atoms. The number of carbonyl (C=O) groups is 1. The fraction of sp³-hybridized carbons (Fsp3) is 0.538. The zero-order chi connectivity index (χ0) is 14.2. The Balaban J connectivity index is 2.44. The van der Waals surface area contributed by atoms with Crippen molar-refractivity contribution in [3.63, 3.8) is 0 Å². The number of hydrogen-bond donors (Lipinski definition) is 2. The molecule has 2 heterocycles. The number of piperidine rings is 1. The number of rotatable bonds is 2. The molecule has 0 bridgehead atoms. The largest absolute Gasteiger partial charge is 0.396 e. The lowest BCUT2D eigenvalue weighted by Gasteiger charge is -2.36. The van der Waals surface area contributed by atoms with Gasteiger partial charge < -0.3 is 16.4 Å². The molecule has 0 saturated carbocycles. The first-order chi connectivity index (χ1) is 8.93. The summed E-state index contributed by atoms with van der Waals surface area (Å²) in [5, 5.41) is 9.80. The number of primary amides is 1. The summed E-state index contributed by atoms with van der Waals surface area (Å²) in [6.45, 7) is 6.12. The Hall–Kier alpha value is -1.74. The highest BCUT2D eigenvalue weighted by Gasteiger charge is 2.29. The Bertz CT molecular complexity index is 536. The molecular formula is C13H18N4OS. The smallest absolute Gasteiger partial charge is 0.253 e. The molecular weight excluding hydrogens is 260 g/mol. The summed E-state index contributed by atoms with van der Waals surface area (Å²) >= 11 is 1.26. The van der Waals surface area contributed by atoms with E-state index >= 15 is 0 Å². The minimum Gasteiger partial charge on any atom is -0.396 e. The predicted octanol–water partition coefficient (Wildman–Crippen LogP) is 1.78. The van der Waals surface area contributed by atoms with Crippen molar-refractivity contribution in [2.45, 2.75) is 20.3 Å². The van der Waals surface area contributed by atoms with Gasteiger partial charge >= 0.3 is 0 Å². The van der Waals surface area contributed by atoms with Gasteiger partial charge in [0, 0.05) is 13.1 Å². The molecule has 1 aromatic heterocycles. The number of nitrogens with zero attached hydrogens (tertiary/aromatic N) is 2. The van der Waals surface area contributed by atoms with E-state index in [1.54, 1.807) is 0 Å². The van der Waals surface area contributed by atoms with Crippen LogP contribution < -0.4 is 16.4 Å². The normalized spacial score (nSPS) is 23.1. The quantitative estimate of drug-likeness (QED) is 0.861. The van der Waals surface area contributed by atoms with Gasteiger partial charge in [-0.25, -0.2) is 0 Å². The second-order valence-electron chi connectivity index (χ2n) is 5.35.